The fourth-order valence-corrected chi connectivity index (χ4v) is 2.47. The maximum absolute atomic E-state index is 5.69. The lowest BCUT2D eigenvalue weighted by molar-refractivity contribution is 0.109. The van der Waals surface area contributed by atoms with E-state index in [4.69, 9.17) is 5.73 Å². The molecule has 1 heterocycles. The number of benzene rings is 1. The van der Waals surface area contributed by atoms with Crippen LogP contribution in [-0.4, -0.2) is 48.6 Å². The Balaban J connectivity index is 1.74. The topological polar surface area (TPSA) is 32.5 Å². The zero-order valence-corrected chi connectivity index (χ0v) is 11.6. The van der Waals surface area contributed by atoms with Gasteiger partial charge in [-0.15, -0.1) is 0 Å². The van der Waals surface area contributed by atoms with E-state index in [1.54, 1.807) is 0 Å². The standard InChI is InChI=1S/C15H25N3/c1-13(2)18-11-9-17(10-12-18)8-7-14-3-5-15(16)6-4-14/h3-6,13H,7-12,16H2,1-2H3. The molecule has 0 saturated carbocycles. The van der Waals surface area contributed by atoms with Gasteiger partial charge in [0.05, 0.1) is 0 Å². The minimum atomic E-state index is 0.684. The van der Waals surface area contributed by atoms with Crippen LogP contribution in [0.25, 0.3) is 0 Å². The molecular formula is C15H25N3. The molecule has 1 aromatic carbocycles. The summed E-state index contributed by atoms with van der Waals surface area (Å²) < 4.78 is 0. The number of anilines is 1. The summed E-state index contributed by atoms with van der Waals surface area (Å²) in [6, 6.07) is 8.95. The summed E-state index contributed by atoms with van der Waals surface area (Å²) in [6.07, 6.45) is 1.13. The van der Waals surface area contributed by atoms with E-state index in [0.29, 0.717) is 6.04 Å². The molecule has 0 radical (unpaired) electrons. The van der Waals surface area contributed by atoms with E-state index >= 15 is 0 Å². The highest BCUT2D eigenvalue weighted by atomic mass is 15.3. The smallest absolute Gasteiger partial charge is 0.0314 e. The lowest BCUT2D eigenvalue weighted by atomic mass is 10.1. The summed E-state index contributed by atoms with van der Waals surface area (Å²) in [5, 5.41) is 0. The number of hydrogen-bond acceptors (Lipinski definition) is 3. The van der Waals surface area contributed by atoms with Gasteiger partial charge in [-0.3, -0.25) is 4.90 Å². The summed E-state index contributed by atoms with van der Waals surface area (Å²) in [4.78, 5) is 5.12. The van der Waals surface area contributed by atoms with Crippen molar-refractivity contribution >= 4 is 5.69 Å². The van der Waals surface area contributed by atoms with Crippen molar-refractivity contribution in [2.45, 2.75) is 26.3 Å². The highest BCUT2D eigenvalue weighted by molar-refractivity contribution is 5.39. The molecule has 2 N–H and O–H groups in total. The molecule has 1 fully saturated rings. The Morgan fingerprint density at radius 1 is 1.06 bits per heavy atom. The maximum atomic E-state index is 5.69. The molecule has 3 heteroatoms. The SMILES string of the molecule is CC(C)N1CCN(CCc2ccc(N)cc2)CC1. The second-order valence-electron chi connectivity index (χ2n) is 5.46. The van der Waals surface area contributed by atoms with Gasteiger partial charge < -0.3 is 10.6 Å². The molecule has 0 amide bonds. The summed E-state index contributed by atoms with van der Waals surface area (Å²) in [6.45, 7) is 10.5. The predicted octanol–water partition coefficient (Wildman–Crippen LogP) is 1.84. The van der Waals surface area contributed by atoms with E-state index in [1.165, 1.54) is 31.7 Å². The zero-order valence-electron chi connectivity index (χ0n) is 11.6. The fraction of sp³-hybridized carbons (Fsp3) is 0.600. The second kappa shape index (κ2) is 6.21. The number of piperazine rings is 1. The molecule has 0 bridgehead atoms. The van der Waals surface area contributed by atoms with Gasteiger partial charge in [0.2, 0.25) is 0 Å². The highest BCUT2D eigenvalue weighted by Gasteiger charge is 2.18. The van der Waals surface area contributed by atoms with Gasteiger partial charge in [0.1, 0.15) is 0 Å². The van der Waals surface area contributed by atoms with Gasteiger partial charge in [0.15, 0.2) is 0 Å². The summed E-state index contributed by atoms with van der Waals surface area (Å²) in [7, 11) is 0. The molecule has 0 unspecified atom stereocenters. The van der Waals surface area contributed by atoms with Gasteiger partial charge in [-0.25, -0.2) is 0 Å². The number of nitrogen functional groups attached to an aromatic ring is 1. The molecule has 3 nitrogen and oxygen atoms in total. The predicted molar refractivity (Wildman–Crippen MR) is 77.7 cm³/mol. The van der Waals surface area contributed by atoms with Crippen molar-refractivity contribution in [3.8, 4) is 0 Å². The molecule has 1 aliphatic rings. The van der Waals surface area contributed by atoms with Crippen LogP contribution < -0.4 is 5.73 Å². The van der Waals surface area contributed by atoms with Crippen LogP contribution in [0.1, 0.15) is 19.4 Å². The number of hydrogen-bond donors (Lipinski definition) is 1. The van der Waals surface area contributed by atoms with Crippen LogP contribution in [0.4, 0.5) is 5.69 Å². The fourth-order valence-electron chi connectivity index (χ4n) is 2.47. The first kappa shape index (κ1) is 13.4. The molecular weight excluding hydrogens is 222 g/mol. The Morgan fingerprint density at radius 2 is 1.67 bits per heavy atom. The third-order valence-electron chi connectivity index (χ3n) is 3.83. The van der Waals surface area contributed by atoms with Crippen LogP contribution in [0.2, 0.25) is 0 Å². The second-order valence-corrected chi connectivity index (χ2v) is 5.46. The van der Waals surface area contributed by atoms with E-state index in [-0.39, 0.29) is 0 Å². The molecule has 1 saturated heterocycles. The van der Waals surface area contributed by atoms with Gasteiger partial charge in [-0.1, -0.05) is 12.1 Å². The maximum Gasteiger partial charge on any atom is 0.0314 e. The molecule has 0 spiro atoms. The van der Waals surface area contributed by atoms with Crippen molar-refractivity contribution in [1.82, 2.24) is 9.80 Å². The first-order valence-electron chi connectivity index (χ1n) is 6.96. The van der Waals surface area contributed by atoms with Gasteiger partial charge in [0.25, 0.3) is 0 Å². The Kier molecular flexibility index (Phi) is 4.61. The van der Waals surface area contributed by atoms with E-state index in [1.807, 2.05) is 12.1 Å². The molecule has 1 aliphatic heterocycles. The van der Waals surface area contributed by atoms with Crippen molar-refractivity contribution in [3.05, 3.63) is 29.8 Å². The van der Waals surface area contributed by atoms with Crippen molar-refractivity contribution in [3.63, 3.8) is 0 Å². The van der Waals surface area contributed by atoms with Crippen LogP contribution in [0.3, 0.4) is 0 Å². The lowest BCUT2D eigenvalue weighted by Crippen LogP contribution is -2.49. The van der Waals surface area contributed by atoms with Crippen molar-refractivity contribution in [1.29, 1.82) is 0 Å². The minimum absolute atomic E-state index is 0.684. The first-order chi connectivity index (χ1) is 8.65. The van der Waals surface area contributed by atoms with Crippen LogP contribution in [0.5, 0.6) is 0 Å². The Hall–Kier alpha value is -1.06. The first-order valence-corrected chi connectivity index (χ1v) is 6.96. The third kappa shape index (κ3) is 3.72. The van der Waals surface area contributed by atoms with Gasteiger partial charge >= 0.3 is 0 Å². The molecule has 2 rings (SSSR count). The number of nitrogens with two attached hydrogens (primary N) is 1. The normalized spacial score (nSPS) is 18.4. The Bertz CT molecular complexity index is 351. The van der Waals surface area contributed by atoms with E-state index < -0.39 is 0 Å². The summed E-state index contributed by atoms with van der Waals surface area (Å²) in [5.41, 5.74) is 7.93. The van der Waals surface area contributed by atoms with E-state index in [9.17, 15) is 0 Å². The van der Waals surface area contributed by atoms with E-state index in [2.05, 4.69) is 35.8 Å². The summed E-state index contributed by atoms with van der Waals surface area (Å²) in [5.74, 6) is 0. The Labute approximate surface area is 111 Å². The molecule has 100 valence electrons. The molecule has 1 aromatic rings. The average Bonchev–Trinajstić information content (AvgIpc) is 2.38. The zero-order chi connectivity index (χ0) is 13.0. The number of rotatable bonds is 4. The van der Waals surface area contributed by atoms with Crippen molar-refractivity contribution in [2.24, 2.45) is 0 Å². The minimum Gasteiger partial charge on any atom is -0.399 e. The largest absolute Gasteiger partial charge is 0.399 e. The van der Waals surface area contributed by atoms with E-state index in [0.717, 1.165) is 18.7 Å². The number of nitrogens with zero attached hydrogens (tertiary/aromatic N) is 2. The average molecular weight is 247 g/mol. The van der Waals surface area contributed by atoms with Gasteiger partial charge in [-0.05, 0) is 38.0 Å². The molecule has 0 aromatic heterocycles. The van der Waals surface area contributed by atoms with Crippen LogP contribution >= 0.6 is 0 Å². The molecule has 0 atom stereocenters. The highest BCUT2D eigenvalue weighted by Crippen LogP contribution is 2.09. The monoisotopic (exact) mass is 247 g/mol. The third-order valence-corrected chi connectivity index (χ3v) is 3.83. The van der Waals surface area contributed by atoms with Gasteiger partial charge in [-0.2, -0.15) is 0 Å². The van der Waals surface area contributed by atoms with Crippen molar-refractivity contribution in [2.75, 3.05) is 38.5 Å². The lowest BCUT2D eigenvalue weighted by Gasteiger charge is -2.36. The van der Waals surface area contributed by atoms with Crippen LogP contribution in [-0.2, 0) is 6.42 Å². The van der Waals surface area contributed by atoms with Gasteiger partial charge in [0, 0.05) is 44.5 Å². The van der Waals surface area contributed by atoms with Crippen LogP contribution in [0.15, 0.2) is 24.3 Å². The summed E-state index contributed by atoms with van der Waals surface area (Å²) >= 11 is 0. The molecule has 0 aliphatic carbocycles. The van der Waals surface area contributed by atoms with Crippen LogP contribution in [0, 0.1) is 0 Å². The Morgan fingerprint density at radius 3 is 2.22 bits per heavy atom. The van der Waals surface area contributed by atoms with Crippen molar-refractivity contribution < 1.29 is 0 Å². The molecule has 18 heavy (non-hydrogen) atoms. The quantitative estimate of drug-likeness (QED) is 0.824.